The maximum Gasteiger partial charge on any atom is 0.248 e. The summed E-state index contributed by atoms with van der Waals surface area (Å²) in [5.74, 6) is 1.30. The molecule has 2 aromatic rings. The Labute approximate surface area is 155 Å². The molecule has 1 aliphatic heterocycles. The first-order valence-corrected chi connectivity index (χ1v) is 9.25. The Bertz CT molecular complexity index is 806. The van der Waals surface area contributed by atoms with Gasteiger partial charge in [-0.2, -0.15) is 0 Å². The van der Waals surface area contributed by atoms with E-state index in [1.165, 1.54) is 11.1 Å². The van der Waals surface area contributed by atoms with Crippen molar-refractivity contribution in [3.63, 3.8) is 0 Å². The summed E-state index contributed by atoms with van der Waals surface area (Å²) in [5.41, 5.74) is 9.77. The zero-order chi connectivity index (χ0) is 18.7. The van der Waals surface area contributed by atoms with Crippen LogP contribution in [0, 0.1) is 5.41 Å². The summed E-state index contributed by atoms with van der Waals surface area (Å²) in [6, 6.07) is 11.8. The van der Waals surface area contributed by atoms with Crippen LogP contribution in [0.25, 0.3) is 0 Å². The number of nitrogens with two attached hydrogens (primary N) is 1. The minimum atomic E-state index is -0.404. The Morgan fingerprint density at radius 1 is 1.08 bits per heavy atom. The van der Waals surface area contributed by atoms with Gasteiger partial charge in [0, 0.05) is 12.1 Å². The number of fused-ring (bicyclic) bond motifs is 2. The van der Waals surface area contributed by atoms with Gasteiger partial charge in [-0.05, 0) is 72.2 Å². The van der Waals surface area contributed by atoms with E-state index in [4.69, 9.17) is 10.5 Å². The number of nitrogens with one attached hydrogen (secondary N) is 1. The minimum absolute atomic E-state index is 0.351. The highest BCUT2D eigenvalue weighted by Crippen LogP contribution is 2.34. The fourth-order valence-corrected chi connectivity index (χ4v) is 3.15. The van der Waals surface area contributed by atoms with E-state index in [9.17, 15) is 4.79 Å². The molecule has 0 atom stereocenters. The van der Waals surface area contributed by atoms with Gasteiger partial charge in [-0.1, -0.05) is 32.9 Å². The minimum Gasteiger partial charge on any atom is -0.457 e. The van der Waals surface area contributed by atoms with Gasteiger partial charge >= 0.3 is 0 Å². The van der Waals surface area contributed by atoms with Gasteiger partial charge in [0.2, 0.25) is 5.91 Å². The van der Waals surface area contributed by atoms with E-state index in [0.717, 1.165) is 49.4 Å². The van der Waals surface area contributed by atoms with Gasteiger partial charge < -0.3 is 15.8 Å². The third-order valence-electron chi connectivity index (χ3n) is 4.73. The van der Waals surface area contributed by atoms with Crippen LogP contribution < -0.4 is 15.8 Å². The molecular weight excluding hydrogens is 324 g/mol. The van der Waals surface area contributed by atoms with Crippen LogP contribution in [0.1, 0.15) is 54.2 Å². The zero-order valence-electron chi connectivity index (χ0n) is 15.9. The highest BCUT2D eigenvalue weighted by atomic mass is 16.5. The molecule has 3 rings (SSSR count). The van der Waals surface area contributed by atoms with Crippen molar-refractivity contribution in [2.75, 3.05) is 6.54 Å². The molecular formula is C22H28N2O2. The van der Waals surface area contributed by atoms with E-state index in [1.54, 1.807) is 6.07 Å². The summed E-state index contributed by atoms with van der Waals surface area (Å²) < 4.78 is 6.09. The summed E-state index contributed by atoms with van der Waals surface area (Å²) in [5, 5.41) is 3.53. The van der Waals surface area contributed by atoms with E-state index in [-0.39, 0.29) is 0 Å². The molecule has 0 bridgehead atoms. The second-order valence-electron chi connectivity index (χ2n) is 8.22. The van der Waals surface area contributed by atoms with Crippen molar-refractivity contribution < 1.29 is 9.53 Å². The lowest BCUT2D eigenvalue weighted by atomic mass is 9.92. The quantitative estimate of drug-likeness (QED) is 0.793. The maximum atomic E-state index is 11.4. The monoisotopic (exact) mass is 352 g/mol. The fraction of sp³-hybridized carbons (Fsp3) is 0.409. The standard InChI is InChI=1S/C22H28N2O2/c1-22(2,3)10-11-24-14-15-4-8-19-16(12-15)5-6-17-13-18(21(23)25)7-9-20(17)26-19/h4,7-9,12-13,24H,5-6,10-11,14H2,1-3H3,(H2,23,25). The highest BCUT2D eigenvalue weighted by molar-refractivity contribution is 5.93. The Morgan fingerprint density at radius 2 is 1.73 bits per heavy atom. The van der Waals surface area contributed by atoms with Crippen molar-refractivity contribution in [1.29, 1.82) is 0 Å². The number of benzene rings is 2. The second-order valence-corrected chi connectivity index (χ2v) is 8.22. The van der Waals surface area contributed by atoms with Gasteiger partial charge in [0.05, 0.1) is 0 Å². The van der Waals surface area contributed by atoms with Crippen molar-refractivity contribution in [3.05, 3.63) is 58.7 Å². The van der Waals surface area contributed by atoms with E-state index >= 15 is 0 Å². The van der Waals surface area contributed by atoms with Crippen molar-refractivity contribution >= 4 is 5.91 Å². The van der Waals surface area contributed by atoms with Gasteiger partial charge in [-0.15, -0.1) is 0 Å². The summed E-state index contributed by atoms with van der Waals surface area (Å²) in [7, 11) is 0. The molecule has 0 aromatic heterocycles. The van der Waals surface area contributed by atoms with Gasteiger partial charge in [0.25, 0.3) is 0 Å². The summed E-state index contributed by atoms with van der Waals surface area (Å²) in [6.45, 7) is 8.65. The predicted molar refractivity (Wildman–Crippen MR) is 105 cm³/mol. The van der Waals surface area contributed by atoms with Gasteiger partial charge in [0.15, 0.2) is 0 Å². The van der Waals surface area contributed by atoms with Crippen molar-refractivity contribution in [1.82, 2.24) is 5.32 Å². The summed E-state index contributed by atoms with van der Waals surface area (Å²) in [6.07, 6.45) is 2.88. The number of hydrogen-bond donors (Lipinski definition) is 2. The number of primary amides is 1. The Morgan fingerprint density at radius 3 is 2.38 bits per heavy atom. The molecule has 138 valence electrons. The third-order valence-corrected chi connectivity index (χ3v) is 4.73. The predicted octanol–water partition coefficient (Wildman–Crippen LogP) is 4.20. The molecule has 0 unspecified atom stereocenters. The van der Waals surface area contributed by atoms with Crippen LogP contribution in [0.3, 0.4) is 0 Å². The number of aryl methyl sites for hydroxylation is 2. The van der Waals surface area contributed by atoms with Crippen LogP contribution in [-0.4, -0.2) is 12.5 Å². The fourth-order valence-electron chi connectivity index (χ4n) is 3.15. The maximum absolute atomic E-state index is 11.4. The molecule has 0 fully saturated rings. The first-order chi connectivity index (χ1) is 12.3. The number of carbonyl (C=O) groups is 1. The van der Waals surface area contributed by atoms with Gasteiger partial charge in [-0.3, -0.25) is 4.79 Å². The zero-order valence-corrected chi connectivity index (χ0v) is 15.9. The first-order valence-electron chi connectivity index (χ1n) is 9.25. The van der Waals surface area contributed by atoms with Crippen molar-refractivity contribution in [2.24, 2.45) is 11.1 Å². The van der Waals surface area contributed by atoms with E-state index in [0.29, 0.717) is 11.0 Å². The summed E-state index contributed by atoms with van der Waals surface area (Å²) in [4.78, 5) is 11.4. The molecule has 4 nitrogen and oxygen atoms in total. The van der Waals surface area contributed by atoms with Gasteiger partial charge in [-0.25, -0.2) is 0 Å². The molecule has 2 aromatic carbocycles. The lowest BCUT2D eigenvalue weighted by molar-refractivity contribution is 0.1000. The van der Waals surface area contributed by atoms with Crippen LogP contribution >= 0.6 is 0 Å². The van der Waals surface area contributed by atoms with Crippen molar-refractivity contribution in [2.45, 2.75) is 46.6 Å². The Kier molecular flexibility index (Phi) is 5.33. The molecule has 0 saturated heterocycles. The number of amides is 1. The lowest BCUT2D eigenvalue weighted by Crippen LogP contribution is -2.20. The highest BCUT2D eigenvalue weighted by Gasteiger charge is 2.16. The molecule has 1 aliphatic rings. The van der Waals surface area contributed by atoms with Crippen LogP contribution in [0.4, 0.5) is 0 Å². The molecule has 26 heavy (non-hydrogen) atoms. The third kappa shape index (κ3) is 4.64. The van der Waals surface area contributed by atoms with Gasteiger partial charge in [0.1, 0.15) is 11.5 Å². The number of carbonyl (C=O) groups excluding carboxylic acids is 1. The molecule has 0 aliphatic carbocycles. The van der Waals surface area contributed by atoms with E-state index in [1.807, 2.05) is 18.2 Å². The topological polar surface area (TPSA) is 64.3 Å². The van der Waals surface area contributed by atoms with E-state index in [2.05, 4.69) is 38.2 Å². The molecule has 0 radical (unpaired) electrons. The van der Waals surface area contributed by atoms with Crippen molar-refractivity contribution in [3.8, 4) is 11.5 Å². The van der Waals surface area contributed by atoms with Crippen LogP contribution in [0.2, 0.25) is 0 Å². The number of hydrogen-bond acceptors (Lipinski definition) is 3. The average molecular weight is 352 g/mol. The van der Waals surface area contributed by atoms with Crippen LogP contribution in [0.15, 0.2) is 36.4 Å². The molecule has 3 N–H and O–H groups in total. The smallest absolute Gasteiger partial charge is 0.248 e. The lowest BCUT2D eigenvalue weighted by Gasteiger charge is -2.18. The first kappa shape index (κ1) is 18.5. The SMILES string of the molecule is CC(C)(C)CCNCc1ccc2c(c1)CCc1cc(C(N)=O)ccc1O2. The molecule has 0 spiro atoms. The average Bonchev–Trinajstić information content (AvgIpc) is 2.76. The normalized spacial score (nSPS) is 13.3. The Balaban J connectivity index is 1.68. The molecule has 1 amide bonds. The molecule has 0 saturated carbocycles. The van der Waals surface area contributed by atoms with E-state index < -0.39 is 5.91 Å². The number of rotatable bonds is 5. The van der Waals surface area contributed by atoms with Crippen LogP contribution in [-0.2, 0) is 19.4 Å². The Hall–Kier alpha value is -2.33. The summed E-state index contributed by atoms with van der Waals surface area (Å²) >= 11 is 0. The number of ether oxygens (including phenoxy) is 1. The molecule has 1 heterocycles. The second kappa shape index (κ2) is 7.50. The van der Waals surface area contributed by atoms with Crippen LogP contribution in [0.5, 0.6) is 11.5 Å². The largest absolute Gasteiger partial charge is 0.457 e. The molecule has 4 heteroatoms.